The monoisotopic (exact) mass is 540 g/mol. The number of halogens is 1. The van der Waals surface area contributed by atoms with Gasteiger partial charge in [-0.3, -0.25) is 14.6 Å². The second kappa shape index (κ2) is 11.8. The maximum absolute atomic E-state index is 5.99. The van der Waals surface area contributed by atoms with Crippen LogP contribution in [0.1, 0.15) is 23.3 Å². The smallest absolute Gasteiger partial charge is 0.193 e. The standard InChI is InChI=1S/C22H32N6O2.HI/c1-23-22(28-10-13-30-21(17-28)19-14-25-26(2)16-19)24-15-20(18-6-4-3-5-7-18)27-8-11-29-12-9-27;/h3-7,14,16,20-21H,8-13,15,17H2,1-2H3,(H,23,24);1H. The molecule has 2 fully saturated rings. The summed E-state index contributed by atoms with van der Waals surface area (Å²) >= 11 is 0. The minimum absolute atomic E-state index is 0. The van der Waals surface area contributed by atoms with Crippen molar-refractivity contribution in [2.45, 2.75) is 12.1 Å². The van der Waals surface area contributed by atoms with Crippen LogP contribution in [0, 0.1) is 0 Å². The first kappa shape index (κ1) is 24.0. The van der Waals surface area contributed by atoms with Crippen molar-refractivity contribution in [3.05, 3.63) is 53.9 Å². The number of aromatic nitrogens is 2. The van der Waals surface area contributed by atoms with E-state index in [9.17, 15) is 0 Å². The van der Waals surface area contributed by atoms with Crippen LogP contribution < -0.4 is 5.32 Å². The Hall–Kier alpha value is -1.69. The lowest BCUT2D eigenvalue weighted by Crippen LogP contribution is -2.50. The van der Waals surface area contributed by atoms with Gasteiger partial charge >= 0.3 is 0 Å². The van der Waals surface area contributed by atoms with Gasteiger partial charge in [0.25, 0.3) is 0 Å². The predicted octanol–water partition coefficient (Wildman–Crippen LogP) is 2.06. The maximum atomic E-state index is 5.99. The van der Waals surface area contributed by atoms with Crippen LogP contribution in [0.25, 0.3) is 0 Å². The van der Waals surface area contributed by atoms with Crippen LogP contribution in [0.5, 0.6) is 0 Å². The molecule has 2 saturated heterocycles. The Morgan fingerprint density at radius 1 is 1.19 bits per heavy atom. The molecule has 1 aromatic carbocycles. The zero-order chi connectivity index (χ0) is 20.8. The Balaban J connectivity index is 0.00000272. The number of hydrogen-bond donors (Lipinski definition) is 1. The molecule has 4 rings (SSSR count). The van der Waals surface area contributed by atoms with E-state index in [0.29, 0.717) is 6.61 Å². The summed E-state index contributed by atoms with van der Waals surface area (Å²) in [6, 6.07) is 11.0. The van der Waals surface area contributed by atoms with E-state index in [1.54, 1.807) is 0 Å². The highest BCUT2D eigenvalue weighted by molar-refractivity contribution is 14.0. The highest BCUT2D eigenvalue weighted by atomic mass is 127. The van der Waals surface area contributed by atoms with Crippen LogP contribution in [0.15, 0.2) is 47.7 Å². The Labute approximate surface area is 201 Å². The average molecular weight is 540 g/mol. The Morgan fingerprint density at radius 2 is 1.97 bits per heavy atom. The van der Waals surface area contributed by atoms with E-state index >= 15 is 0 Å². The van der Waals surface area contributed by atoms with Crippen molar-refractivity contribution in [1.29, 1.82) is 0 Å². The molecule has 3 heterocycles. The summed E-state index contributed by atoms with van der Waals surface area (Å²) in [5, 5.41) is 7.91. The van der Waals surface area contributed by atoms with E-state index in [2.05, 4.69) is 55.5 Å². The van der Waals surface area contributed by atoms with Gasteiger partial charge in [-0.2, -0.15) is 5.10 Å². The topological polar surface area (TPSA) is 67.2 Å². The fourth-order valence-electron chi connectivity index (χ4n) is 4.19. The third-order valence-corrected chi connectivity index (χ3v) is 5.80. The molecule has 2 atom stereocenters. The van der Waals surface area contributed by atoms with Crippen molar-refractivity contribution >= 4 is 29.9 Å². The molecule has 0 saturated carbocycles. The maximum Gasteiger partial charge on any atom is 0.193 e. The van der Waals surface area contributed by atoms with Gasteiger partial charge in [0.15, 0.2) is 5.96 Å². The molecule has 9 heteroatoms. The average Bonchev–Trinajstić information content (AvgIpc) is 3.24. The summed E-state index contributed by atoms with van der Waals surface area (Å²) in [5.74, 6) is 0.918. The number of nitrogens with zero attached hydrogens (tertiary/aromatic N) is 5. The van der Waals surface area contributed by atoms with Gasteiger partial charge in [0.1, 0.15) is 6.10 Å². The number of benzene rings is 1. The van der Waals surface area contributed by atoms with E-state index < -0.39 is 0 Å². The third-order valence-electron chi connectivity index (χ3n) is 5.80. The van der Waals surface area contributed by atoms with Crippen LogP contribution in [0.3, 0.4) is 0 Å². The molecule has 31 heavy (non-hydrogen) atoms. The highest BCUT2D eigenvalue weighted by Crippen LogP contribution is 2.23. The van der Waals surface area contributed by atoms with Gasteiger partial charge in [-0.15, -0.1) is 24.0 Å². The Kier molecular flexibility index (Phi) is 9.12. The molecule has 2 aromatic rings. The third kappa shape index (κ3) is 6.18. The van der Waals surface area contributed by atoms with E-state index in [1.807, 2.05) is 31.2 Å². The zero-order valence-electron chi connectivity index (χ0n) is 18.3. The van der Waals surface area contributed by atoms with Gasteiger partial charge < -0.3 is 19.7 Å². The molecule has 2 unspecified atom stereocenters. The molecule has 0 spiro atoms. The van der Waals surface area contributed by atoms with Gasteiger partial charge in [0.05, 0.1) is 38.6 Å². The quantitative estimate of drug-likeness (QED) is 0.356. The zero-order valence-corrected chi connectivity index (χ0v) is 20.6. The van der Waals surface area contributed by atoms with Crippen LogP contribution in [0.4, 0.5) is 0 Å². The molecule has 2 aliphatic heterocycles. The molecular weight excluding hydrogens is 507 g/mol. The fourth-order valence-corrected chi connectivity index (χ4v) is 4.19. The van der Waals surface area contributed by atoms with Crippen molar-refractivity contribution in [2.24, 2.45) is 12.0 Å². The molecule has 0 amide bonds. The molecule has 0 bridgehead atoms. The fraction of sp³-hybridized carbons (Fsp3) is 0.545. The lowest BCUT2D eigenvalue weighted by atomic mass is 10.0. The number of nitrogens with one attached hydrogen (secondary N) is 1. The first-order valence-electron chi connectivity index (χ1n) is 10.7. The molecule has 1 aromatic heterocycles. The SMILES string of the molecule is CN=C(NCC(c1ccccc1)N1CCOCC1)N1CCOC(c2cnn(C)c2)C1.I. The molecular formula is C22H33IN6O2. The van der Waals surface area contributed by atoms with Gasteiger partial charge in [0.2, 0.25) is 0 Å². The molecule has 170 valence electrons. The minimum atomic E-state index is 0. The van der Waals surface area contributed by atoms with Crippen LogP contribution in [-0.2, 0) is 16.5 Å². The summed E-state index contributed by atoms with van der Waals surface area (Å²) in [5.41, 5.74) is 2.42. The van der Waals surface area contributed by atoms with Crippen molar-refractivity contribution in [1.82, 2.24) is 24.9 Å². The first-order valence-corrected chi connectivity index (χ1v) is 10.7. The first-order chi connectivity index (χ1) is 14.7. The minimum Gasteiger partial charge on any atom is -0.379 e. The molecule has 0 aliphatic carbocycles. The molecule has 0 radical (unpaired) electrons. The Morgan fingerprint density at radius 3 is 2.65 bits per heavy atom. The van der Waals surface area contributed by atoms with Crippen LogP contribution >= 0.6 is 24.0 Å². The number of rotatable bonds is 5. The number of morpholine rings is 2. The second-order valence-electron chi connectivity index (χ2n) is 7.76. The number of ether oxygens (including phenoxy) is 2. The van der Waals surface area contributed by atoms with Crippen molar-refractivity contribution in [3.63, 3.8) is 0 Å². The summed E-state index contributed by atoms with van der Waals surface area (Å²) in [7, 11) is 3.78. The lowest BCUT2D eigenvalue weighted by Gasteiger charge is -2.38. The molecule has 2 aliphatic rings. The number of hydrogen-bond acceptors (Lipinski definition) is 5. The van der Waals surface area contributed by atoms with Gasteiger partial charge in [-0.05, 0) is 5.56 Å². The molecule has 1 N–H and O–H groups in total. The van der Waals surface area contributed by atoms with Gasteiger partial charge in [-0.25, -0.2) is 0 Å². The summed E-state index contributed by atoms with van der Waals surface area (Å²) in [4.78, 5) is 9.34. The van der Waals surface area contributed by atoms with E-state index in [0.717, 1.165) is 57.5 Å². The van der Waals surface area contributed by atoms with E-state index in [-0.39, 0.29) is 36.1 Å². The molecule has 8 nitrogen and oxygen atoms in total. The largest absolute Gasteiger partial charge is 0.379 e. The summed E-state index contributed by atoms with van der Waals surface area (Å²) < 4.78 is 13.4. The number of aliphatic imine (C=N–C) groups is 1. The van der Waals surface area contributed by atoms with Crippen molar-refractivity contribution < 1.29 is 9.47 Å². The van der Waals surface area contributed by atoms with Crippen molar-refractivity contribution in [3.8, 4) is 0 Å². The summed E-state index contributed by atoms with van der Waals surface area (Å²) in [6.07, 6.45) is 3.91. The Bertz CT molecular complexity index is 824. The second-order valence-corrected chi connectivity index (χ2v) is 7.76. The number of aryl methyl sites for hydroxylation is 1. The van der Waals surface area contributed by atoms with Crippen LogP contribution in [0.2, 0.25) is 0 Å². The summed E-state index contributed by atoms with van der Waals surface area (Å²) in [6.45, 7) is 6.52. The van der Waals surface area contributed by atoms with Crippen LogP contribution in [-0.4, -0.2) is 85.1 Å². The van der Waals surface area contributed by atoms with Crippen molar-refractivity contribution in [2.75, 3.05) is 59.6 Å². The van der Waals surface area contributed by atoms with Gasteiger partial charge in [-0.1, -0.05) is 30.3 Å². The number of guanidine groups is 1. The lowest BCUT2D eigenvalue weighted by molar-refractivity contribution is -0.00853. The van der Waals surface area contributed by atoms with E-state index in [1.165, 1.54) is 5.56 Å². The van der Waals surface area contributed by atoms with E-state index in [4.69, 9.17) is 9.47 Å². The predicted molar refractivity (Wildman–Crippen MR) is 132 cm³/mol. The normalized spacial score (nSPS) is 21.4. The van der Waals surface area contributed by atoms with Gasteiger partial charge in [0, 0.05) is 52.0 Å². The highest BCUT2D eigenvalue weighted by Gasteiger charge is 2.27.